The first-order valence-corrected chi connectivity index (χ1v) is 6.80. The van der Waals surface area contributed by atoms with Crippen molar-refractivity contribution in [3.63, 3.8) is 0 Å². The third kappa shape index (κ3) is 3.47. The number of ether oxygens (including phenoxy) is 2. The highest BCUT2D eigenvalue weighted by molar-refractivity contribution is 5.95. The van der Waals surface area contributed by atoms with Crippen molar-refractivity contribution in [2.24, 2.45) is 0 Å². The largest absolute Gasteiger partial charge is 0.465 e. The summed E-state index contributed by atoms with van der Waals surface area (Å²) in [6.07, 6.45) is 3.28. The Labute approximate surface area is 114 Å². The molecule has 4 nitrogen and oxygen atoms in total. The normalized spacial score (nSPS) is 22.8. The first-order valence-electron chi connectivity index (χ1n) is 6.80. The molecule has 0 saturated carbocycles. The highest BCUT2D eigenvalue weighted by atomic mass is 16.5. The Hall–Kier alpha value is -1.55. The molecule has 0 aliphatic carbocycles. The molecule has 4 heteroatoms. The maximum absolute atomic E-state index is 11.7. The second-order valence-corrected chi connectivity index (χ2v) is 4.80. The molecule has 2 rings (SSSR count). The summed E-state index contributed by atoms with van der Waals surface area (Å²) in [5.74, 6) is -0.304. The first kappa shape index (κ1) is 13.9. The van der Waals surface area contributed by atoms with Crippen LogP contribution in [0.3, 0.4) is 0 Å². The van der Waals surface area contributed by atoms with Gasteiger partial charge in [0, 0.05) is 18.3 Å². The van der Waals surface area contributed by atoms with E-state index in [0.29, 0.717) is 17.7 Å². The summed E-state index contributed by atoms with van der Waals surface area (Å²) < 4.78 is 10.5. The highest BCUT2D eigenvalue weighted by Gasteiger charge is 2.22. The summed E-state index contributed by atoms with van der Waals surface area (Å²) in [5.41, 5.74) is 1.43. The Morgan fingerprint density at radius 2 is 2.26 bits per heavy atom. The van der Waals surface area contributed by atoms with Gasteiger partial charge in [0.2, 0.25) is 0 Å². The van der Waals surface area contributed by atoms with Crippen LogP contribution in [0.1, 0.15) is 36.5 Å². The Balaban J connectivity index is 2.08. The average molecular weight is 263 g/mol. The van der Waals surface area contributed by atoms with Crippen molar-refractivity contribution in [2.45, 2.75) is 38.3 Å². The average Bonchev–Trinajstić information content (AvgIpc) is 2.47. The zero-order valence-electron chi connectivity index (χ0n) is 11.5. The van der Waals surface area contributed by atoms with Crippen LogP contribution in [-0.4, -0.2) is 31.8 Å². The number of rotatable bonds is 4. The van der Waals surface area contributed by atoms with E-state index in [9.17, 15) is 4.79 Å². The molecule has 0 amide bonds. The lowest BCUT2D eigenvalue weighted by molar-refractivity contribution is 0.00924. The molecule has 1 aromatic rings. The molecule has 0 spiro atoms. The minimum atomic E-state index is -0.304. The monoisotopic (exact) mass is 263 g/mol. The molecule has 1 aliphatic rings. The standard InChI is InChI=1S/C15H21NO3/c1-3-12-10-11(8-9-19-12)16-14-7-5-4-6-13(14)15(17)18-2/h4-7,11-12,16H,3,8-10H2,1-2H3. The number of benzene rings is 1. The fourth-order valence-electron chi connectivity index (χ4n) is 2.41. The third-order valence-corrected chi connectivity index (χ3v) is 3.51. The Bertz CT molecular complexity index is 433. The van der Waals surface area contributed by atoms with Crippen LogP contribution in [0.2, 0.25) is 0 Å². The number of hydrogen-bond acceptors (Lipinski definition) is 4. The molecule has 1 aromatic carbocycles. The maximum atomic E-state index is 11.7. The van der Waals surface area contributed by atoms with Gasteiger partial charge >= 0.3 is 5.97 Å². The molecule has 2 unspecified atom stereocenters. The summed E-state index contributed by atoms with van der Waals surface area (Å²) >= 11 is 0. The highest BCUT2D eigenvalue weighted by Crippen LogP contribution is 2.23. The van der Waals surface area contributed by atoms with Gasteiger partial charge in [-0.05, 0) is 31.4 Å². The molecule has 1 N–H and O–H groups in total. The molecule has 2 atom stereocenters. The molecule has 19 heavy (non-hydrogen) atoms. The molecule has 0 bridgehead atoms. The lowest BCUT2D eigenvalue weighted by Gasteiger charge is -2.30. The number of anilines is 1. The second-order valence-electron chi connectivity index (χ2n) is 4.80. The summed E-state index contributed by atoms with van der Waals surface area (Å²) in [5, 5.41) is 3.45. The number of hydrogen-bond donors (Lipinski definition) is 1. The maximum Gasteiger partial charge on any atom is 0.339 e. The number of methoxy groups -OCH3 is 1. The van der Waals surface area contributed by atoms with E-state index in [2.05, 4.69) is 12.2 Å². The van der Waals surface area contributed by atoms with Gasteiger partial charge in [0.05, 0.1) is 18.8 Å². The van der Waals surface area contributed by atoms with Crippen LogP contribution >= 0.6 is 0 Å². The van der Waals surface area contributed by atoms with E-state index in [1.54, 1.807) is 6.07 Å². The fraction of sp³-hybridized carbons (Fsp3) is 0.533. The van der Waals surface area contributed by atoms with E-state index in [4.69, 9.17) is 9.47 Å². The minimum Gasteiger partial charge on any atom is -0.465 e. The van der Waals surface area contributed by atoms with Crippen LogP contribution in [-0.2, 0) is 9.47 Å². The first-order chi connectivity index (χ1) is 9.24. The van der Waals surface area contributed by atoms with Crippen LogP contribution in [0.4, 0.5) is 5.69 Å². The Morgan fingerprint density at radius 3 is 3.00 bits per heavy atom. The Morgan fingerprint density at radius 1 is 1.47 bits per heavy atom. The second kappa shape index (κ2) is 6.57. The van der Waals surface area contributed by atoms with Crippen molar-refractivity contribution >= 4 is 11.7 Å². The summed E-state index contributed by atoms with van der Waals surface area (Å²) in [6.45, 7) is 2.91. The van der Waals surface area contributed by atoms with E-state index in [1.165, 1.54) is 7.11 Å². The zero-order valence-corrected chi connectivity index (χ0v) is 11.5. The van der Waals surface area contributed by atoms with Crippen molar-refractivity contribution in [2.75, 3.05) is 19.0 Å². The van der Waals surface area contributed by atoms with Gasteiger partial charge in [-0.25, -0.2) is 4.79 Å². The molecule has 1 saturated heterocycles. The third-order valence-electron chi connectivity index (χ3n) is 3.51. The summed E-state index contributed by atoms with van der Waals surface area (Å²) in [7, 11) is 1.40. The lowest BCUT2D eigenvalue weighted by Crippen LogP contribution is -2.34. The minimum absolute atomic E-state index is 0.304. The van der Waals surface area contributed by atoms with Gasteiger partial charge in [0.15, 0.2) is 0 Å². The van der Waals surface area contributed by atoms with Crippen molar-refractivity contribution in [3.05, 3.63) is 29.8 Å². The van der Waals surface area contributed by atoms with Crippen molar-refractivity contribution < 1.29 is 14.3 Å². The van der Waals surface area contributed by atoms with Crippen molar-refractivity contribution in [3.8, 4) is 0 Å². The van der Waals surface area contributed by atoms with Gasteiger partial charge in [-0.2, -0.15) is 0 Å². The molecule has 0 radical (unpaired) electrons. The fourth-order valence-corrected chi connectivity index (χ4v) is 2.41. The number of para-hydroxylation sites is 1. The smallest absolute Gasteiger partial charge is 0.339 e. The van der Waals surface area contributed by atoms with Crippen molar-refractivity contribution in [1.29, 1.82) is 0 Å². The summed E-state index contributed by atoms with van der Waals surface area (Å²) in [4.78, 5) is 11.7. The van der Waals surface area contributed by atoms with Gasteiger partial charge in [0.25, 0.3) is 0 Å². The number of carbonyl (C=O) groups is 1. The van der Waals surface area contributed by atoms with Gasteiger partial charge in [0.1, 0.15) is 0 Å². The molecular weight excluding hydrogens is 242 g/mol. The van der Waals surface area contributed by atoms with E-state index in [-0.39, 0.29) is 5.97 Å². The van der Waals surface area contributed by atoms with Gasteiger partial charge in [-0.1, -0.05) is 19.1 Å². The number of esters is 1. The van der Waals surface area contributed by atoms with E-state index < -0.39 is 0 Å². The predicted molar refractivity (Wildman–Crippen MR) is 74.5 cm³/mol. The molecular formula is C15H21NO3. The quantitative estimate of drug-likeness (QED) is 0.849. The SMILES string of the molecule is CCC1CC(Nc2ccccc2C(=O)OC)CCO1. The Kier molecular flexibility index (Phi) is 4.80. The van der Waals surface area contributed by atoms with Gasteiger partial charge < -0.3 is 14.8 Å². The van der Waals surface area contributed by atoms with Gasteiger partial charge in [-0.3, -0.25) is 0 Å². The number of carbonyl (C=O) groups excluding carboxylic acids is 1. The van der Waals surface area contributed by atoms with Crippen LogP contribution in [0, 0.1) is 0 Å². The molecule has 1 heterocycles. The van der Waals surface area contributed by atoms with E-state index >= 15 is 0 Å². The topological polar surface area (TPSA) is 47.6 Å². The van der Waals surface area contributed by atoms with Crippen LogP contribution in [0.25, 0.3) is 0 Å². The van der Waals surface area contributed by atoms with Gasteiger partial charge in [-0.15, -0.1) is 0 Å². The van der Waals surface area contributed by atoms with E-state index in [1.807, 2.05) is 18.2 Å². The van der Waals surface area contributed by atoms with Crippen LogP contribution in [0.15, 0.2) is 24.3 Å². The molecule has 104 valence electrons. The summed E-state index contributed by atoms with van der Waals surface area (Å²) in [6, 6.07) is 7.82. The molecule has 1 fully saturated rings. The molecule has 1 aliphatic heterocycles. The number of nitrogens with one attached hydrogen (secondary N) is 1. The van der Waals surface area contributed by atoms with Crippen LogP contribution < -0.4 is 5.32 Å². The predicted octanol–water partition coefficient (Wildman–Crippen LogP) is 2.84. The lowest BCUT2D eigenvalue weighted by atomic mass is 10.0. The zero-order chi connectivity index (χ0) is 13.7. The van der Waals surface area contributed by atoms with Crippen LogP contribution in [0.5, 0.6) is 0 Å². The van der Waals surface area contributed by atoms with Crippen molar-refractivity contribution in [1.82, 2.24) is 0 Å². The van der Waals surface area contributed by atoms with E-state index in [0.717, 1.165) is 31.6 Å². The molecule has 0 aromatic heterocycles.